The second kappa shape index (κ2) is 6.55. The van der Waals surface area contributed by atoms with E-state index < -0.39 is 10.1 Å². The van der Waals surface area contributed by atoms with Crippen molar-refractivity contribution in [3.63, 3.8) is 0 Å². The van der Waals surface area contributed by atoms with Gasteiger partial charge in [0, 0.05) is 11.6 Å². The average Bonchev–Trinajstić information content (AvgIpc) is 2.50. The standard InChI is InChI=1S/C17H22ClNO3S/c1-23(20,21)22-19-13-5-6-16(14-7-9-15(18)10-8-14)17(19)11-3-2-4-12-17/h6-10H,2-5,11-13H2,1H3. The van der Waals surface area contributed by atoms with Crippen molar-refractivity contribution in [3.05, 3.63) is 40.9 Å². The molecule has 1 aromatic carbocycles. The van der Waals surface area contributed by atoms with Gasteiger partial charge in [-0.15, -0.1) is 0 Å². The smallest absolute Gasteiger partial charge is 0.198 e. The highest BCUT2D eigenvalue weighted by molar-refractivity contribution is 7.85. The van der Waals surface area contributed by atoms with Crippen molar-refractivity contribution in [3.8, 4) is 0 Å². The molecule has 0 unspecified atom stereocenters. The van der Waals surface area contributed by atoms with Gasteiger partial charge in [-0.1, -0.05) is 49.1 Å². The maximum absolute atomic E-state index is 11.7. The molecular formula is C17H22ClNO3S. The van der Waals surface area contributed by atoms with Crippen molar-refractivity contribution in [1.29, 1.82) is 0 Å². The van der Waals surface area contributed by atoms with Gasteiger partial charge in [-0.25, -0.2) is 0 Å². The van der Waals surface area contributed by atoms with Crippen LogP contribution in [0.1, 0.15) is 44.1 Å². The van der Waals surface area contributed by atoms with Gasteiger partial charge in [0.05, 0.1) is 11.8 Å². The average molecular weight is 356 g/mol. The van der Waals surface area contributed by atoms with Crippen molar-refractivity contribution in [2.75, 3.05) is 12.8 Å². The van der Waals surface area contributed by atoms with Crippen LogP contribution in [-0.4, -0.2) is 31.8 Å². The Morgan fingerprint density at radius 1 is 1.13 bits per heavy atom. The molecule has 1 aliphatic heterocycles. The number of hydrogen-bond acceptors (Lipinski definition) is 4. The molecule has 1 fully saturated rings. The topological polar surface area (TPSA) is 46.6 Å². The molecule has 1 aromatic rings. The molecule has 23 heavy (non-hydrogen) atoms. The fraction of sp³-hybridized carbons (Fsp3) is 0.529. The van der Waals surface area contributed by atoms with E-state index in [1.807, 2.05) is 24.3 Å². The van der Waals surface area contributed by atoms with Crippen LogP contribution >= 0.6 is 11.6 Å². The summed E-state index contributed by atoms with van der Waals surface area (Å²) in [5.74, 6) is 0. The lowest BCUT2D eigenvalue weighted by molar-refractivity contribution is -0.131. The van der Waals surface area contributed by atoms with Crippen LogP contribution in [0.25, 0.3) is 5.57 Å². The first-order valence-corrected chi connectivity index (χ1v) is 10.2. The first-order valence-electron chi connectivity index (χ1n) is 8.05. The van der Waals surface area contributed by atoms with Crippen LogP contribution < -0.4 is 0 Å². The number of hydrogen-bond donors (Lipinski definition) is 0. The van der Waals surface area contributed by atoms with Crippen molar-refractivity contribution < 1.29 is 12.7 Å². The summed E-state index contributed by atoms with van der Waals surface area (Å²) in [5.41, 5.74) is 1.91. The summed E-state index contributed by atoms with van der Waals surface area (Å²) in [5, 5.41) is 2.41. The largest absolute Gasteiger partial charge is 0.280 e. The summed E-state index contributed by atoms with van der Waals surface area (Å²) in [6.07, 6.45) is 9.29. The third-order valence-electron chi connectivity index (χ3n) is 4.72. The van der Waals surface area contributed by atoms with E-state index in [-0.39, 0.29) is 5.54 Å². The lowest BCUT2D eigenvalue weighted by Crippen LogP contribution is -2.53. The van der Waals surface area contributed by atoms with Crippen molar-refractivity contribution in [2.45, 2.75) is 44.1 Å². The van der Waals surface area contributed by atoms with Crippen LogP contribution in [0.15, 0.2) is 30.3 Å². The highest BCUT2D eigenvalue weighted by Crippen LogP contribution is 2.46. The van der Waals surface area contributed by atoms with Crippen LogP contribution in [0, 0.1) is 0 Å². The summed E-state index contributed by atoms with van der Waals surface area (Å²) < 4.78 is 28.8. The minimum Gasteiger partial charge on any atom is -0.198 e. The van der Waals surface area contributed by atoms with E-state index in [0.29, 0.717) is 11.6 Å². The van der Waals surface area contributed by atoms with Gasteiger partial charge in [0.2, 0.25) is 0 Å². The van der Waals surface area contributed by atoms with Crippen molar-refractivity contribution in [1.82, 2.24) is 5.06 Å². The Morgan fingerprint density at radius 2 is 1.78 bits per heavy atom. The zero-order chi connectivity index (χ0) is 16.5. The van der Waals surface area contributed by atoms with E-state index in [9.17, 15) is 8.42 Å². The molecule has 3 rings (SSSR count). The number of halogens is 1. The van der Waals surface area contributed by atoms with Crippen LogP contribution in [0.3, 0.4) is 0 Å². The predicted octanol–water partition coefficient (Wildman–Crippen LogP) is 4.02. The zero-order valence-corrected chi connectivity index (χ0v) is 14.9. The quantitative estimate of drug-likeness (QED) is 0.821. The Morgan fingerprint density at radius 3 is 2.39 bits per heavy atom. The maximum atomic E-state index is 11.7. The Kier molecular flexibility index (Phi) is 4.83. The normalized spacial score (nSPS) is 22.1. The predicted molar refractivity (Wildman–Crippen MR) is 92.5 cm³/mol. The second-order valence-corrected chi connectivity index (χ2v) is 8.38. The Balaban J connectivity index is 2.02. The van der Waals surface area contributed by atoms with E-state index >= 15 is 0 Å². The van der Waals surface area contributed by atoms with Crippen LogP contribution in [0.4, 0.5) is 0 Å². The molecule has 1 saturated carbocycles. The summed E-state index contributed by atoms with van der Waals surface area (Å²) >= 11 is 6.01. The monoisotopic (exact) mass is 355 g/mol. The molecule has 1 spiro atoms. The fourth-order valence-electron chi connectivity index (χ4n) is 3.81. The summed E-state index contributed by atoms with van der Waals surface area (Å²) in [4.78, 5) is 0. The van der Waals surface area contributed by atoms with E-state index in [0.717, 1.165) is 43.9 Å². The first-order chi connectivity index (χ1) is 10.9. The van der Waals surface area contributed by atoms with Crippen molar-refractivity contribution in [2.24, 2.45) is 0 Å². The molecule has 0 saturated heterocycles. The molecule has 1 heterocycles. The van der Waals surface area contributed by atoms with E-state index in [4.69, 9.17) is 15.9 Å². The first kappa shape index (κ1) is 17.0. The number of rotatable bonds is 3. The van der Waals surface area contributed by atoms with E-state index in [1.165, 1.54) is 12.0 Å². The molecule has 0 amide bonds. The molecule has 1 aliphatic carbocycles. The third kappa shape index (κ3) is 3.63. The Bertz CT molecular complexity index is 691. The van der Waals surface area contributed by atoms with Gasteiger partial charge in [0.15, 0.2) is 0 Å². The molecule has 2 aliphatic rings. The highest BCUT2D eigenvalue weighted by Gasteiger charge is 2.45. The molecular weight excluding hydrogens is 334 g/mol. The van der Waals surface area contributed by atoms with Crippen molar-refractivity contribution >= 4 is 27.3 Å². The molecule has 6 heteroatoms. The lowest BCUT2D eigenvalue weighted by Gasteiger charge is -2.48. The lowest BCUT2D eigenvalue weighted by atomic mass is 9.72. The molecule has 0 aromatic heterocycles. The van der Waals surface area contributed by atoms with Gasteiger partial charge in [-0.05, 0) is 42.5 Å². The molecule has 0 radical (unpaired) electrons. The van der Waals surface area contributed by atoms with Gasteiger partial charge in [-0.2, -0.15) is 17.8 Å². The second-order valence-electron chi connectivity index (χ2n) is 6.39. The fourth-order valence-corrected chi connectivity index (χ4v) is 4.48. The molecule has 126 valence electrons. The molecule has 0 N–H and O–H groups in total. The minimum absolute atomic E-state index is 0.354. The minimum atomic E-state index is -3.53. The van der Waals surface area contributed by atoms with Gasteiger partial charge in [0.25, 0.3) is 10.1 Å². The van der Waals surface area contributed by atoms with Crippen LogP contribution in [0.2, 0.25) is 5.02 Å². The summed E-state index contributed by atoms with van der Waals surface area (Å²) in [6.45, 7) is 0.601. The van der Waals surface area contributed by atoms with Gasteiger partial charge in [-0.3, -0.25) is 0 Å². The van der Waals surface area contributed by atoms with Gasteiger partial charge in [0.1, 0.15) is 0 Å². The molecule has 0 bridgehead atoms. The highest BCUT2D eigenvalue weighted by atomic mass is 35.5. The summed E-state index contributed by atoms with van der Waals surface area (Å²) in [7, 11) is -3.53. The van der Waals surface area contributed by atoms with Gasteiger partial charge < -0.3 is 0 Å². The third-order valence-corrected chi connectivity index (χ3v) is 5.42. The van der Waals surface area contributed by atoms with E-state index in [1.54, 1.807) is 5.06 Å². The zero-order valence-electron chi connectivity index (χ0n) is 13.3. The molecule has 4 nitrogen and oxygen atoms in total. The maximum Gasteiger partial charge on any atom is 0.280 e. The Hall–Kier alpha value is -0.880. The van der Waals surface area contributed by atoms with Crippen LogP contribution in [-0.2, 0) is 14.4 Å². The summed E-state index contributed by atoms with van der Waals surface area (Å²) in [6, 6.07) is 7.78. The number of benzene rings is 1. The van der Waals surface area contributed by atoms with Crippen LogP contribution in [0.5, 0.6) is 0 Å². The van der Waals surface area contributed by atoms with E-state index in [2.05, 4.69) is 6.08 Å². The molecule has 0 atom stereocenters. The number of hydroxylamine groups is 2. The number of nitrogens with zero attached hydrogens (tertiary/aromatic N) is 1. The SMILES string of the molecule is CS(=O)(=O)ON1CCC=C(c2ccc(Cl)cc2)C12CCCCC2. The van der Waals surface area contributed by atoms with Gasteiger partial charge >= 0.3 is 0 Å². The Labute approximate surface area is 143 Å².